The van der Waals surface area contributed by atoms with E-state index in [-0.39, 0.29) is 11.9 Å². The summed E-state index contributed by atoms with van der Waals surface area (Å²) in [5.41, 5.74) is 0.225. The molecule has 31 heavy (non-hydrogen) atoms. The summed E-state index contributed by atoms with van der Waals surface area (Å²) in [6.07, 6.45) is -1.19. The number of morpholine rings is 1. The van der Waals surface area contributed by atoms with Gasteiger partial charge in [-0.3, -0.25) is 9.69 Å². The highest BCUT2D eigenvalue weighted by Crippen LogP contribution is 2.19. The molecule has 8 nitrogen and oxygen atoms in total. The minimum atomic E-state index is -0.695. The summed E-state index contributed by atoms with van der Waals surface area (Å²) in [6, 6.07) is 9.17. The van der Waals surface area contributed by atoms with E-state index in [0.29, 0.717) is 26.3 Å². The summed E-state index contributed by atoms with van der Waals surface area (Å²) in [5, 5.41) is 2.83. The number of benzene rings is 1. The molecule has 1 N–H and O–H groups in total. The Labute approximate surface area is 185 Å². The number of rotatable bonds is 9. The van der Waals surface area contributed by atoms with Gasteiger partial charge in [0, 0.05) is 45.9 Å². The fourth-order valence-corrected chi connectivity index (χ4v) is 3.44. The molecule has 0 aromatic heterocycles. The zero-order valence-corrected chi connectivity index (χ0v) is 19.4. The quantitative estimate of drug-likeness (QED) is 0.642. The molecule has 2 atom stereocenters. The second-order valence-corrected chi connectivity index (χ2v) is 8.81. The van der Waals surface area contributed by atoms with Crippen molar-refractivity contribution >= 4 is 12.0 Å². The Balaban J connectivity index is 2.07. The lowest BCUT2D eigenvalue weighted by atomic mass is 10.1. The highest BCUT2D eigenvalue weighted by molar-refractivity contribution is 5.82. The number of methoxy groups -OCH3 is 1. The van der Waals surface area contributed by atoms with Crippen LogP contribution in [0.3, 0.4) is 0 Å². The van der Waals surface area contributed by atoms with Gasteiger partial charge < -0.3 is 24.4 Å². The van der Waals surface area contributed by atoms with Crippen molar-refractivity contribution in [1.82, 2.24) is 15.1 Å². The Kier molecular flexibility index (Phi) is 9.74. The summed E-state index contributed by atoms with van der Waals surface area (Å²) in [7, 11) is 1.54. The predicted molar refractivity (Wildman–Crippen MR) is 119 cm³/mol. The molecule has 1 fully saturated rings. The van der Waals surface area contributed by atoms with E-state index in [1.807, 2.05) is 58.0 Å². The fourth-order valence-electron chi connectivity index (χ4n) is 3.44. The molecule has 174 valence electrons. The maximum Gasteiger partial charge on any atom is 0.407 e. The molecule has 0 aliphatic carbocycles. The fraction of sp³-hybridized carbons (Fsp3) is 0.652. The van der Waals surface area contributed by atoms with Crippen LogP contribution in [0.5, 0.6) is 0 Å². The Morgan fingerprint density at radius 3 is 2.42 bits per heavy atom. The summed E-state index contributed by atoms with van der Waals surface area (Å²) >= 11 is 0. The lowest BCUT2D eigenvalue weighted by Crippen LogP contribution is -2.50. The number of carbonyl (C=O) groups is 2. The van der Waals surface area contributed by atoms with Crippen molar-refractivity contribution in [2.24, 2.45) is 0 Å². The highest BCUT2D eigenvalue weighted by atomic mass is 16.6. The van der Waals surface area contributed by atoms with E-state index >= 15 is 0 Å². The van der Waals surface area contributed by atoms with Gasteiger partial charge in [-0.25, -0.2) is 4.79 Å². The Bertz CT molecular complexity index is 686. The maximum atomic E-state index is 13.4. The molecule has 1 aliphatic heterocycles. The summed E-state index contributed by atoms with van der Waals surface area (Å²) < 4.78 is 16.3. The van der Waals surface area contributed by atoms with E-state index in [1.165, 1.54) is 7.11 Å². The lowest BCUT2D eigenvalue weighted by molar-refractivity contribution is -0.143. The molecule has 0 spiro atoms. The van der Waals surface area contributed by atoms with E-state index in [4.69, 9.17) is 14.2 Å². The van der Waals surface area contributed by atoms with Crippen LogP contribution in [0, 0.1) is 0 Å². The number of hydrogen-bond acceptors (Lipinski definition) is 6. The highest BCUT2D eigenvalue weighted by Gasteiger charge is 2.28. The first-order chi connectivity index (χ1) is 14.7. The first-order valence-corrected chi connectivity index (χ1v) is 10.9. The molecule has 1 saturated heterocycles. The minimum Gasteiger partial charge on any atom is -0.444 e. The topological polar surface area (TPSA) is 80.3 Å². The van der Waals surface area contributed by atoms with E-state index in [9.17, 15) is 9.59 Å². The molecule has 0 saturated carbocycles. The summed E-state index contributed by atoms with van der Waals surface area (Å²) in [5.74, 6) is -0.125. The van der Waals surface area contributed by atoms with Gasteiger partial charge in [0.05, 0.1) is 13.2 Å². The Morgan fingerprint density at radius 1 is 1.19 bits per heavy atom. The van der Waals surface area contributed by atoms with Gasteiger partial charge >= 0.3 is 6.09 Å². The summed E-state index contributed by atoms with van der Waals surface area (Å²) in [4.78, 5) is 29.6. The van der Waals surface area contributed by atoms with Crippen molar-refractivity contribution in [1.29, 1.82) is 0 Å². The van der Waals surface area contributed by atoms with Crippen LogP contribution in [0.1, 0.15) is 39.4 Å². The molecule has 1 aromatic rings. The maximum absolute atomic E-state index is 13.4. The number of ether oxygens (including phenoxy) is 3. The van der Waals surface area contributed by atoms with Gasteiger partial charge in [-0.1, -0.05) is 30.3 Å². The molecule has 1 aromatic carbocycles. The molecule has 1 heterocycles. The van der Waals surface area contributed by atoms with Gasteiger partial charge in [0.15, 0.2) is 6.10 Å². The monoisotopic (exact) mass is 435 g/mol. The van der Waals surface area contributed by atoms with Crippen LogP contribution < -0.4 is 5.32 Å². The van der Waals surface area contributed by atoms with Crippen LogP contribution in [0.2, 0.25) is 0 Å². The average molecular weight is 436 g/mol. The van der Waals surface area contributed by atoms with Gasteiger partial charge in [-0.2, -0.15) is 0 Å². The Hall–Kier alpha value is -2.16. The van der Waals surface area contributed by atoms with Crippen molar-refractivity contribution in [2.45, 2.75) is 45.4 Å². The third kappa shape index (κ3) is 8.85. The van der Waals surface area contributed by atoms with Gasteiger partial charge in [0.2, 0.25) is 0 Å². The molecule has 1 aliphatic rings. The number of nitrogens with zero attached hydrogens (tertiary/aromatic N) is 2. The first-order valence-electron chi connectivity index (χ1n) is 10.9. The number of carbonyl (C=O) groups excluding carboxylic acids is 2. The molecular weight excluding hydrogens is 398 g/mol. The van der Waals surface area contributed by atoms with Crippen LogP contribution in [0.25, 0.3) is 0 Å². The number of nitrogens with one attached hydrogen (secondary N) is 1. The van der Waals surface area contributed by atoms with Crippen molar-refractivity contribution in [3.8, 4) is 0 Å². The zero-order chi connectivity index (χ0) is 22.9. The Morgan fingerprint density at radius 2 is 1.84 bits per heavy atom. The number of amides is 2. The van der Waals surface area contributed by atoms with Crippen LogP contribution >= 0.6 is 0 Å². The van der Waals surface area contributed by atoms with Gasteiger partial charge in [-0.15, -0.1) is 0 Å². The van der Waals surface area contributed by atoms with E-state index in [0.717, 1.165) is 25.2 Å². The van der Waals surface area contributed by atoms with Crippen molar-refractivity contribution in [2.75, 3.05) is 53.0 Å². The molecule has 2 rings (SSSR count). The van der Waals surface area contributed by atoms with Gasteiger partial charge in [0.25, 0.3) is 5.91 Å². The van der Waals surface area contributed by atoms with Crippen LogP contribution in [-0.4, -0.2) is 86.5 Å². The standard InChI is InChI=1S/C23H37N3O5/c1-18(24-22(28)31-23(2,3)4)17-26(12-11-25-13-15-30-16-14-25)21(27)20(29-5)19-9-7-6-8-10-19/h6-10,18,20H,11-17H2,1-5H3,(H,24,28)/t18-,20+/m1/s1. The molecule has 0 radical (unpaired) electrons. The SMILES string of the molecule is CO[C@H](C(=O)N(CCN1CCOCC1)C[C@@H](C)NC(=O)OC(C)(C)C)c1ccccc1. The molecule has 2 amide bonds. The van der Waals surface area contributed by atoms with Crippen molar-refractivity contribution < 1.29 is 23.8 Å². The van der Waals surface area contributed by atoms with E-state index in [1.54, 1.807) is 4.90 Å². The smallest absolute Gasteiger partial charge is 0.407 e. The van der Waals surface area contributed by atoms with Crippen LogP contribution in [-0.2, 0) is 19.0 Å². The van der Waals surface area contributed by atoms with Crippen LogP contribution in [0.4, 0.5) is 4.79 Å². The van der Waals surface area contributed by atoms with E-state index in [2.05, 4.69) is 10.2 Å². The second-order valence-electron chi connectivity index (χ2n) is 8.81. The first kappa shape index (κ1) is 25.1. The average Bonchev–Trinajstić information content (AvgIpc) is 2.71. The zero-order valence-electron chi connectivity index (χ0n) is 19.4. The number of alkyl carbamates (subject to hydrolysis) is 1. The molecular formula is C23H37N3O5. The van der Waals surface area contributed by atoms with Gasteiger partial charge in [0.1, 0.15) is 5.60 Å². The van der Waals surface area contributed by atoms with E-state index < -0.39 is 17.8 Å². The minimum absolute atomic E-state index is 0.125. The number of hydrogen-bond donors (Lipinski definition) is 1. The normalized spacial score (nSPS) is 16.9. The summed E-state index contributed by atoms with van der Waals surface area (Å²) in [6.45, 7) is 12.0. The molecule has 0 bridgehead atoms. The third-order valence-corrected chi connectivity index (χ3v) is 4.92. The third-order valence-electron chi connectivity index (χ3n) is 4.92. The largest absolute Gasteiger partial charge is 0.444 e. The molecule has 8 heteroatoms. The predicted octanol–water partition coefficient (Wildman–Crippen LogP) is 2.45. The van der Waals surface area contributed by atoms with Gasteiger partial charge in [-0.05, 0) is 33.3 Å². The second kappa shape index (κ2) is 12.0. The molecule has 0 unspecified atom stereocenters. The van der Waals surface area contributed by atoms with Crippen molar-refractivity contribution in [3.63, 3.8) is 0 Å². The lowest BCUT2D eigenvalue weighted by Gasteiger charge is -2.33. The van der Waals surface area contributed by atoms with Crippen LogP contribution in [0.15, 0.2) is 30.3 Å². The van der Waals surface area contributed by atoms with Crippen molar-refractivity contribution in [3.05, 3.63) is 35.9 Å².